The van der Waals surface area contributed by atoms with Crippen molar-refractivity contribution in [2.24, 2.45) is 0 Å². The lowest BCUT2D eigenvalue weighted by molar-refractivity contribution is -0.128. The van der Waals surface area contributed by atoms with E-state index in [-0.39, 0.29) is 23.4 Å². The van der Waals surface area contributed by atoms with E-state index in [1.54, 1.807) is 17.0 Å². The van der Waals surface area contributed by atoms with Gasteiger partial charge in [-0.2, -0.15) is 0 Å². The van der Waals surface area contributed by atoms with Crippen LogP contribution in [0, 0.1) is 0 Å². The molecule has 2 rings (SSSR count). The highest BCUT2D eigenvalue weighted by atomic mass is 79.9. The number of hydrogen-bond acceptors (Lipinski definition) is 2. The summed E-state index contributed by atoms with van der Waals surface area (Å²) in [5.74, 6) is -0.134. The molecule has 120 valence electrons. The van der Waals surface area contributed by atoms with Gasteiger partial charge < -0.3 is 10.2 Å². The Hall–Kier alpha value is -1.36. The number of amides is 2. The highest BCUT2D eigenvalue weighted by molar-refractivity contribution is 9.10. The Labute approximate surface area is 140 Å². The number of piperidine rings is 1. The standard InChI is InChI=1S/C17H23BrN2O2/c1-17(2,3)19-15(21)14-9-4-5-10-20(14)16(22)12-7-6-8-13(18)11-12/h6-8,11,14H,4-5,9-10H2,1-3H3,(H,19,21). The fourth-order valence-electron chi connectivity index (χ4n) is 2.69. The second-order valence-electron chi connectivity index (χ2n) is 6.76. The van der Waals surface area contributed by atoms with Gasteiger partial charge in [0.25, 0.3) is 5.91 Å². The van der Waals surface area contributed by atoms with Gasteiger partial charge in [-0.1, -0.05) is 22.0 Å². The van der Waals surface area contributed by atoms with Gasteiger partial charge in [0.2, 0.25) is 5.91 Å². The molecule has 0 radical (unpaired) electrons. The summed E-state index contributed by atoms with van der Waals surface area (Å²) in [5, 5.41) is 2.99. The molecule has 5 heteroatoms. The van der Waals surface area contributed by atoms with Crippen LogP contribution in [0.3, 0.4) is 0 Å². The van der Waals surface area contributed by atoms with Crippen LogP contribution in [0.1, 0.15) is 50.4 Å². The zero-order chi connectivity index (χ0) is 16.3. The van der Waals surface area contributed by atoms with E-state index in [9.17, 15) is 9.59 Å². The van der Waals surface area contributed by atoms with E-state index in [4.69, 9.17) is 0 Å². The molecule has 1 N–H and O–H groups in total. The highest BCUT2D eigenvalue weighted by Crippen LogP contribution is 2.22. The maximum Gasteiger partial charge on any atom is 0.254 e. The molecule has 1 fully saturated rings. The molecule has 0 aliphatic carbocycles. The monoisotopic (exact) mass is 366 g/mol. The van der Waals surface area contributed by atoms with Gasteiger partial charge in [0.15, 0.2) is 0 Å². The van der Waals surface area contributed by atoms with Crippen LogP contribution in [0.2, 0.25) is 0 Å². The predicted octanol–water partition coefficient (Wildman–Crippen LogP) is 3.36. The first-order valence-electron chi connectivity index (χ1n) is 7.66. The van der Waals surface area contributed by atoms with Crippen LogP contribution in [0.5, 0.6) is 0 Å². The molecule has 1 atom stereocenters. The van der Waals surface area contributed by atoms with Crippen molar-refractivity contribution >= 4 is 27.7 Å². The van der Waals surface area contributed by atoms with Crippen LogP contribution in [-0.4, -0.2) is 34.8 Å². The smallest absolute Gasteiger partial charge is 0.254 e. The SMILES string of the molecule is CC(C)(C)NC(=O)C1CCCCN1C(=O)c1cccc(Br)c1. The normalized spacial score (nSPS) is 18.9. The van der Waals surface area contributed by atoms with Crippen LogP contribution in [-0.2, 0) is 4.79 Å². The summed E-state index contributed by atoms with van der Waals surface area (Å²) < 4.78 is 0.867. The van der Waals surface area contributed by atoms with E-state index in [1.807, 2.05) is 32.9 Å². The molecule has 1 aliphatic rings. The topological polar surface area (TPSA) is 49.4 Å². The number of nitrogens with one attached hydrogen (secondary N) is 1. The summed E-state index contributed by atoms with van der Waals surface area (Å²) in [4.78, 5) is 27.0. The predicted molar refractivity (Wildman–Crippen MR) is 90.7 cm³/mol. The van der Waals surface area contributed by atoms with Gasteiger partial charge in [0.05, 0.1) is 0 Å². The fourth-order valence-corrected chi connectivity index (χ4v) is 3.09. The van der Waals surface area contributed by atoms with E-state index in [1.165, 1.54) is 0 Å². The Morgan fingerprint density at radius 2 is 2.00 bits per heavy atom. The van der Waals surface area contributed by atoms with Crippen LogP contribution < -0.4 is 5.32 Å². The van der Waals surface area contributed by atoms with Crippen molar-refractivity contribution in [2.75, 3.05) is 6.54 Å². The molecule has 1 unspecified atom stereocenters. The average molecular weight is 367 g/mol. The zero-order valence-corrected chi connectivity index (χ0v) is 14.9. The Morgan fingerprint density at radius 1 is 1.27 bits per heavy atom. The molecule has 4 nitrogen and oxygen atoms in total. The quantitative estimate of drug-likeness (QED) is 0.872. The van der Waals surface area contributed by atoms with Gasteiger partial charge >= 0.3 is 0 Å². The number of likely N-dealkylation sites (tertiary alicyclic amines) is 1. The van der Waals surface area contributed by atoms with Gasteiger partial charge in [-0.3, -0.25) is 9.59 Å². The van der Waals surface area contributed by atoms with Crippen LogP contribution in [0.4, 0.5) is 0 Å². The molecule has 22 heavy (non-hydrogen) atoms. The second kappa shape index (κ2) is 6.82. The molecule has 0 saturated carbocycles. The molecule has 1 heterocycles. The van der Waals surface area contributed by atoms with Gasteiger partial charge in [-0.25, -0.2) is 0 Å². The largest absolute Gasteiger partial charge is 0.350 e. The fraction of sp³-hybridized carbons (Fsp3) is 0.529. The molecule has 0 aromatic heterocycles. The first-order valence-corrected chi connectivity index (χ1v) is 8.46. The summed E-state index contributed by atoms with van der Waals surface area (Å²) in [5.41, 5.74) is 0.323. The van der Waals surface area contributed by atoms with Crippen LogP contribution >= 0.6 is 15.9 Å². The number of carbonyl (C=O) groups is 2. The van der Waals surface area contributed by atoms with E-state index in [2.05, 4.69) is 21.2 Å². The van der Waals surface area contributed by atoms with Crippen molar-refractivity contribution in [1.82, 2.24) is 10.2 Å². The lowest BCUT2D eigenvalue weighted by Gasteiger charge is -2.36. The first-order chi connectivity index (χ1) is 10.3. The maximum absolute atomic E-state index is 12.8. The molecule has 0 bridgehead atoms. The molecule has 1 aromatic rings. The lowest BCUT2D eigenvalue weighted by atomic mass is 9.98. The van der Waals surface area contributed by atoms with E-state index >= 15 is 0 Å². The number of halogens is 1. The average Bonchev–Trinajstić information content (AvgIpc) is 2.44. The van der Waals surface area contributed by atoms with Gasteiger partial charge in [0, 0.05) is 22.1 Å². The third kappa shape index (κ3) is 4.32. The zero-order valence-electron chi connectivity index (χ0n) is 13.4. The summed E-state index contributed by atoms with van der Waals surface area (Å²) in [7, 11) is 0. The number of hydrogen-bond donors (Lipinski definition) is 1. The number of carbonyl (C=O) groups excluding carboxylic acids is 2. The third-order valence-corrected chi connectivity index (χ3v) is 4.13. The summed E-state index contributed by atoms with van der Waals surface area (Å²) in [6.07, 6.45) is 2.64. The highest BCUT2D eigenvalue weighted by Gasteiger charge is 2.33. The summed E-state index contributed by atoms with van der Waals surface area (Å²) in [6, 6.07) is 6.94. The molecule has 2 amide bonds. The van der Waals surface area contributed by atoms with Gasteiger partial charge in [-0.15, -0.1) is 0 Å². The van der Waals surface area contributed by atoms with Crippen LogP contribution in [0.15, 0.2) is 28.7 Å². The third-order valence-electron chi connectivity index (χ3n) is 3.64. The van der Waals surface area contributed by atoms with Gasteiger partial charge in [0.1, 0.15) is 6.04 Å². The van der Waals surface area contributed by atoms with E-state index in [0.717, 1.165) is 23.7 Å². The Kier molecular flexibility index (Phi) is 5.27. The lowest BCUT2D eigenvalue weighted by Crippen LogP contribution is -2.55. The number of rotatable bonds is 2. The van der Waals surface area contributed by atoms with Crippen molar-refractivity contribution in [1.29, 1.82) is 0 Å². The molecule has 1 aliphatic heterocycles. The Morgan fingerprint density at radius 3 is 2.64 bits per heavy atom. The summed E-state index contributed by atoms with van der Waals surface area (Å²) >= 11 is 3.39. The molecule has 0 spiro atoms. The van der Waals surface area contributed by atoms with E-state index < -0.39 is 0 Å². The van der Waals surface area contributed by atoms with Crippen molar-refractivity contribution in [2.45, 2.75) is 51.6 Å². The van der Waals surface area contributed by atoms with Crippen LogP contribution in [0.25, 0.3) is 0 Å². The van der Waals surface area contributed by atoms with Gasteiger partial charge in [-0.05, 0) is 58.2 Å². The van der Waals surface area contributed by atoms with E-state index in [0.29, 0.717) is 12.1 Å². The van der Waals surface area contributed by atoms with Crippen molar-refractivity contribution in [3.8, 4) is 0 Å². The maximum atomic E-state index is 12.8. The molecule has 1 aromatic carbocycles. The molecule has 1 saturated heterocycles. The number of benzene rings is 1. The molecular weight excluding hydrogens is 344 g/mol. The minimum absolute atomic E-state index is 0.0597. The summed E-state index contributed by atoms with van der Waals surface area (Å²) in [6.45, 7) is 6.49. The number of nitrogens with zero attached hydrogens (tertiary/aromatic N) is 1. The molecular formula is C17H23BrN2O2. The minimum Gasteiger partial charge on any atom is -0.350 e. The van der Waals surface area contributed by atoms with Crippen molar-refractivity contribution < 1.29 is 9.59 Å². The van der Waals surface area contributed by atoms with Crippen molar-refractivity contribution in [3.63, 3.8) is 0 Å². The minimum atomic E-state index is -0.376. The Bertz CT molecular complexity index is 566. The second-order valence-corrected chi connectivity index (χ2v) is 7.68. The van der Waals surface area contributed by atoms with Crippen molar-refractivity contribution in [3.05, 3.63) is 34.3 Å². The first kappa shape index (κ1) is 17.0. The Balaban J connectivity index is 2.19.